The Kier molecular flexibility index (Phi) is 5.59. The van der Waals surface area contributed by atoms with Gasteiger partial charge in [-0.05, 0) is 24.6 Å². The quantitative estimate of drug-likeness (QED) is 0.625. The maximum absolute atomic E-state index is 12.8. The van der Waals surface area contributed by atoms with Crippen molar-refractivity contribution < 1.29 is 14.4 Å². The summed E-state index contributed by atoms with van der Waals surface area (Å²) >= 11 is 0. The van der Waals surface area contributed by atoms with Crippen molar-refractivity contribution in [3.8, 4) is 6.07 Å². The molecule has 0 bridgehead atoms. The lowest BCUT2D eigenvalue weighted by atomic mass is 10.1. The van der Waals surface area contributed by atoms with Gasteiger partial charge in [0.2, 0.25) is 6.41 Å². The van der Waals surface area contributed by atoms with Gasteiger partial charge < -0.3 is 16.0 Å². The molecule has 0 saturated carbocycles. The highest BCUT2D eigenvalue weighted by Crippen LogP contribution is 2.21. The number of carbonyl (C=O) groups is 3. The van der Waals surface area contributed by atoms with Crippen LogP contribution in [0.1, 0.15) is 18.1 Å². The van der Waals surface area contributed by atoms with E-state index in [1.807, 2.05) is 6.07 Å². The molecule has 1 aliphatic rings. The molecule has 2 heterocycles. The summed E-state index contributed by atoms with van der Waals surface area (Å²) in [7, 11) is 0. The fourth-order valence-corrected chi connectivity index (χ4v) is 2.96. The van der Waals surface area contributed by atoms with Gasteiger partial charge in [-0.3, -0.25) is 24.0 Å². The fraction of sp³-hybridized carbons (Fsp3) is 0.211. The van der Waals surface area contributed by atoms with Crippen LogP contribution in [0.2, 0.25) is 0 Å². The summed E-state index contributed by atoms with van der Waals surface area (Å²) in [5.41, 5.74) is 7.58. The normalized spacial score (nSPS) is 13.7. The van der Waals surface area contributed by atoms with Crippen LogP contribution >= 0.6 is 0 Å². The van der Waals surface area contributed by atoms with Crippen LogP contribution in [0.4, 0.5) is 5.69 Å². The van der Waals surface area contributed by atoms with Crippen molar-refractivity contribution in [2.75, 3.05) is 18.1 Å². The number of hydrogen-bond acceptors (Lipinski definition) is 7. The standard InChI is InChI=1S/C19H19N7O3/c1-13(28)8-24-11-22-18(21)17(19(24)29)26(12-27)16-7-23-25(10-16)9-15-4-2-3-14(5-15)6-20/h2-5,7,10,12,22H,8-9,11,21H2,1H3. The zero-order chi connectivity index (χ0) is 21.0. The summed E-state index contributed by atoms with van der Waals surface area (Å²) in [6.07, 6.45) is 3.49. The van der Waals surface area contributed by atoms with Crippen molar-refractivity contribution in [2.24, 2.45) is 5.73 Å². The van der Waals surface area contributed by atoms with Crippen LogP contribution in [-0.4, -0.2) is 46.0 Å². The number of nitriles is 1. The number of nitrogens with zero attached hydrogens (tertiary/aromatic N) is 5. The van der Waals surface area contributed by atoms with Crippen molar-refractivity contribution in [1.82, 2.24) is 20.0 Å². The highest BCUT2D eigenvalue weighted by atomic mass is 16.2. The predicted molar refractivity (Wildman–Crippen MR) is 103 cm³/mol. The maximum Gasteiger partial charge on any atom is 0.276 e. The third-order valence-electron chi connectivity index (χ3n) is 4.26. The molecule has 0 fully saturated rings. The fourth-order valence-electron chi connectivity index (χ4n) is 2.96. The molecule has 1 aliphatic heterocycles. The minimum atomic E-state index is -0.530. The summed E-state index contributed by atoms with van der Waals surface area (Å²) in [5.74, 6) is -0.681. The number of aromatic nitrogens is 2. The molecule has 10 heteroatoms. The number of rotatable bonds is 7. The molecule has 0 spiro atoms. The molecule has 1 aromatic carbocycles. The maximum atomic E-state index is 12.8. The lowest BCUT2D eigenvalue weighted by Gasteiger charge is -2.32. The van der Waals surface area contributed by atoms with E-state index in [1.54, 1.807) is 29.1 Å². The summed E-state index contributed by atoms with van der Waals surface area (Å²) in [6.45, 7) is 1.73. The number of nitrogens with two attached hydrogens (primary N) is 1. The second kappa shape index (κ2) is 8.26. The number of carbonyl (C=O) groups excluding carboxylic acids is 3. The van der Waals surface area contributed by atoms with E-state index in [9.17, 15) is 14.4 Å². The summed E-state index contributed by atoms with van der Waals surface area (Å²) in [6, 6.07) is 9.16. The van der Waals surface area contributed by atoms with Crippen LogP contribution < -0.4 is 16.0 Å². The smallest absolute Gasteiger partial charge is 0.276 e. The summed E-state index contributed by atoms with van der Waals surface area (Å²) in [4.78, 5) is 38.3. The Hall–Kier alpha value is -4.13. The monoisotopic (exact) mass is 393 g/mol. The highest BCUT2D eigenvalue weighted by molar-refractivity contribution is 6.04. The van der Waals surface area contributed by atoms with Crippen LogP contribution in [0.25, 0.3) is 0 Å². The number of hydrogen-bond donors (Lipinski definition) is 2. The molecular weight excluding hydrogens is 374 g/mol. The van der Waals surface area contributed by atoms with Gasteiger partial charge >= 0.3 is 0 Å². The minimum absolute atomic E-state index is 0.0383. The van der Waals surface area contributed by atoms with Crippen LogP contribution in [0.3, 0.4) is 0 Å². The van der Waals surface area contributed by atoms with E-state index in [2.05, 4.69) is 16.5 Å². The molecule has 1 aromatic heterocycles. The average molecular weight is 393 g/mol. The first-order chi connectivity index (χ1) is 13.9. The Morgan fingerprint density at radius 3 is 2.97 bits per heavy atom. The molecule has 0 atom stereocenters. The Balaban J connectivity index is 1.85. The van der Waals surface area contributed by atoms with E-state index in [0.717, 1.165) is 10.5 Å². The molecule has 0 saturated heterocycles. The Morgan fingerprint density at radius 2 is 2.28 bits per heavy atom. The van der Waals surface area contributed by atoms with E-state index in [1.165, 1.54) is 18.0 Å². The van der Waals surface area contributed by atoms with Gasteiger partial charge in [-0.1, -0.05) is 12.1 Å². The zero-order valence-electron chi connectivity index (χ0n) is 15.7. The van der Waals surface area contributed by atoms with Gasteiger partial charge in [0.15, 0.2) is 5.70 Å². The molecule has 2 aromatic rings. The SMILES string of the molecule is CC(=O)CN1CNC(N)=C(N(C=O)c2cnn(Cc3cccc(C#N)c3)c2)C1=O. The van der Waals surface area contributed by atoms with Crippen LogP contribution in [-0.2, 0) is 20.9 Å². The van der Waals surface area contributed by atoms with Gasteiger partial charge in [0.05, 0.1) is 43.3 Å². The Labute approximate surface area is 166 Å². The second-order valence-electron chi connectivity index (χ2n) is 6.49. The number of nitrogens with one attached hydrogen (secondary N) is 1. The van der Waals surface area contributed by atoms with Gasteiger partial charge in [0.25, 0.3) is 5.91 Å². The first-order valence-corrected chi connectivity index (χ1v) is 8.71. The van der Waals surface area contributed by atoms with E-state index >= 15 is 0 Å². The molecule has 10 nitrogen and oxygen atoms in total. The second-order valence-corrected chi connectivity index (χ2v) is 6.49. The molecule has 3 rings (SSSR count). The molecule has 148 valence electrons. The number of amides is 2. The van der Waals surface area contributed by atoms with Crippen molar-refractivity contribution in [1.29, 1.82) is 5.26 Å². The third-order valence-corrected chi connectivity index (χ3v) is 4.26. The zero-order valence-corrected chi connectivity index (χ0v) is 15.7. The molecule has 0 radical (unpaired) electrons. The van der Waals surface area contributed by atoms with E-state index in [4.69, 9.17) is 11.0 Å². The molecule has 0 aliphatic carbocycles. The predicted octanol–water partition coefficient (Wildman–Crippen LogP) is -0.128. The lowest BCUT2D eigenvalue weighted by molar-refractivity contribution is -0.133. The van der Waals surface area contributed by atoms with Gasteiger partial charge in [-0.15, -0.1) is 0 Å². The number of Topliss-reactive ketones (excluding diaryl/α,β-unsaturated/α-hetero) is 1. The first-order valence-electron chi connectivity index (χ1n) is 8.71. The Morgan fingerprint density at radius 1 is 1.48 bits per heavy atom. The van der Waals surface area contributed by atoms with Gasteiger partial charge in [0.1, 0.15) is 11.6 Å². The van der Waals surface area contributed by atoms with Crippen molar-refractivity contribution in [3.05, 3.63) is 59.3 Å². The molecule has 3 N–H and O–H groups in total. The topological polar surface area (TPSA) is 137 Å². The molecule has 2 amide bonds. The van der Waals surface area contributed by atoms with E-state index in [0.29, 0.717) is 24.2 Å². The Bertz CT molecular complexity index is 1030. The van der Waals surface area contributed by atoms with E-state index in [-0.39, 0.29) is 30.5 Å². The summed E-state index contributed by atoms with van der Waals surface area (Å²) in [5, 5.41) is 16.0. The third kappa shape index (κ3) is 4.24. The molecule has 0 unspecified atom stereocenters. The van der Waals surface area contributed by atoms with Gasteiger partial charge in [-0.2, -0.15) is 10.4 Å². The number of benzene rings is 1. The van der Waals surface area contributed by atoms with Crippen LogP contribution in [0.15, 0.2) is 48.2 Å². The van der Waals surface area contributed by atoms with Gasteiger partial charge in [-0.25, -0.2) is 0 Å². The van der Waals surface area contributed by atoms with Crippen LogP contribution in [0.5, 0.6) is 0 Å². The van der Waals surface area contributed by atoms with Gasteiger partial charge in [0, 0.05) is 6.20 Å². The average Bonchev–Trinajstić information content (AvgIpc) is 3.15. The number of ketones is 1. The lowest BCUT2D eigenvalue weighted by Crippen LogP contribution is -2.52. The largest absolute Gasteiger partial charge is 0.384 e. The molecule has 29 heavy (non-hydrogen) atoms. The summed E-state index contributed by atoms with van der Waals surface area (Å²) < 4.78 is 1.58. The number of anilines is 1. The molecular formula is C19H19N7O3. The van der Waals surface area contributed by atoms with E-state index < -0.39 is 5.91 Å². The van der Waals surface area contributed by atoms with Crippen molar-refractivity contribution >= 4 is 23.8 Å². The van der Waals surface area contributed by atoms with Crippen molar-refractivity contribution in [3.63, 3.8) is 0 Å². The first kappa shape index (κ1) is 19.6. The van der Waals surface area contributed by atoms with Crippen LogP contribution in [0, 0.1) is 11.3 Å². The van der Waals surface area contributed by atoms with Crippen molar-refractivity contribution in [2.45, 2.75) is 13.5 Å². The minimum Gasteiger partial charge on any atom is -0.384 e. The highest BCUT2D eigenvalue weighted by Gasteiger charge is 2.32.